The van der Waals surface area contributed by atoms with Crippen LogP contribution in [0.15, 0.2) is 24.3 Å². The van der Waals surface area contributed by atoms with Crippen LogP contribution in [-0.2, 0) is 11.2 Å². The molecule has 0 aromatic heterocycles. The Balaban J connectivity index is 2.48. The lowest BCUT2D eigenvalue weighted by atomic mass is 9.99. The number of amides is 1. The largest absolute Gasteiger partial charge is 0.494 e. The molecule has 1 aromatic carbocycles. The molecule has 0 bridgehead atoms. The molecule has 0 aliphatic heterocycles. The maximum atomic E-state index is 11.0. The zero-order valence-electron chi connectivity index (χ0n) is 10.4. The van der Waals surface area contributed by atoms with Gasteiger partial charge in [0.15, 0.2) is 0 Å². The molecule has 1 rings (SSSR count). The predicted molar refractivity (Wildman–Crippen MR) is 67.7 cm³/mol. The fraction of sp³-hybridized carbons (Fsp3) is 0.462. The Bertz CT molecular complexity index is 389. The third kappa shape index (κ3) is 4.07. The molecule has 0 saturated heterocycles. The van der Waals surface area contributed by atoms with Crippen LogP contribution < -0.4 is 16.2 Å². The van der Waals surface area contributed by atoms with Crippen LogP contribution in [0.1, 0.15) is 25.8 Å². The summed E-state index contributed by atoms with van der Waals surface area (Å²) in [6, 6.07) is 7.86. The SMILES string of the molecule is CCc1cccc(OCCC(C)(N)C(N)=O)c1. The molecule has 0 radical (unpaired) electrons. The molecule has 1 aromatic rings. The standard InChI is InChI=1S/C13H20N2O2/c1-3-10-5-4-6-11(9-10)17-8-7-13(2,15)12(14)16/h4-6,9H,3,7-8,15H2,1-2H3,(H2,14,16). The molecule has 1 amide bonds. The van der Waals surface area contributed by atoms with E-state index in [9.17, 15) is 4.79 Å². The van der Waals surface area contributed by atoms with Gasteiger partial charge in [-0.15, -0.1) is 0 Å². The zero-order valence-corrected chi connectivity index (χ0v) is 10.4. The number of benzene rings is 1. The van der Waals surface area contributed by atoms with Crippen LogP contribution in [0.2, 0.25) is 0 Å². The highest BCUT2D eigenvalue weighted by Gasteiger charge is 2.25. The van der Waals surface area contributed by atoms with E-state index in [2.05, 4.69) is 6.92 Å². The number of ether oxygens (including phenoxy) is 1. The van der Waals surface area contributed by atoms with E-state index in [1.807, 2.05) is 24.3 Å². The van der Waals surface area contributed by atoms with Gasteiger partial charge < -0.3 is 16.2 Å². The second kappa shape index (κ2) is 5.68. The minimum atomic E-state index is -1.01. The highest BCUT2D eigenvalue weighted by molar-refractivity contribution is 5.83. The Morgan fingerprint density at radius 2 is 2.18 bits per heavy atom. The van der Waals surface area contributed by atoms with Crippen molar-refractivity contribution in [1.29, 1.82) is 0 Å². The van der Waals surface area contributed by atoms with E-state index >= 15 is 0 Å². The Labute approximate surface area is 102 Å². The maximum Gasteiger partial charge on any atom is 0.237 e. The normalized spacial score (nSPS) is 14.1. The van der Waals surface area contributed by atoms with Crippen LogP contribution in [0.25, 0.3) is 0 Å². The van der Waals surface area contributed by atoms with Gasteiger partial charge in [-0.2, -0.15) is 0 Å². The molecular formula is C13H20N2O2. The van der Waals surface area contributed by atoms with Crippen LogP contribution in [0.4, 0.5) is 0 Å². The van der Waals surface area contributed by atoms with Gasteiger partial charge in [-0.05, 0) is 31.0 Å². The number of hydrogen-bond donors (Lipinski definition) is 2. The van der Waals surface area contributed by atoms with Crippen molar-refractivity contribution in [2.24, 2.45) is 11.5 Å². The van der Waals surface area contributed by atoms with Gasteiger partial charge in [0, 0.05) is 6.42 Å². The molecule has 4 nitrogen and oxygen atoms in total. The summed E-state index contributed by atoms with van der Waals surface area (Å²) in [6.45, 7) is 4.08. The van der Waals surface area contributed by atoms with Crippen LogP contribution in [0.3, 0.4) is 0 Å². The molecule has 94 valence electrons. The third-order valence-corrected chi connectivity index (χ3v) is 2.76. The Morgan fingerprint density at radius 1 is 1.47 bits per heavy atom. The van der Waals surface area contributed by atoms with Crippen molar-refractivity contribution in [3.8, 4) is 5.75 Å². The van der Waals surface area contributed by atoms with E-state index in [0.29, 0.717) is 13.0 Å². The molecule has 0 heterocycles. The summed E-state index contributed by atoms with van der Waals surface area (Å²) < 4.78 is 5.55. The highest BCUT2D eigenvalue weighted by Crippen LogP contribution is 2.15. The van der Waals surface area contributed by atoms with Gasteiger partial charge in [0.2, 0.25) is 5.91 Å². The molecular weight excluding hydrogens is 216 g/mol. The molecule has 0 fully saturated rings. The molecule has 0 aliphatic carbocycles. The number of carbonyl (C=O) groups excluding carboxylic acids is 1. The van der Waals surface area contributed by atoms with Crippen molar-refractivity contribution >= 4 is 5.91 Å². The van der Waals surface area contributed by atoms with Crippen molar-refractivity contribution in [3.05, 3.63) is 29.8 Å². The van der Waals surface area contributed by atoms with Gasteiger partial charge in [0.25, 0.3) is 0 Å². The molecule has 4 N–H and O–H groups in total. The first kappa shape index (κ1) is 13.5. The van der Waals surface area contributed by atoms with E-state index in [1.54, 1.807) is 6.92 Å². The van der Waals surface area contributed by atoms with Crippen molar-refractivity contribution in [3.63, 3.8) is 0 Å². The summed E-state index contributed by atoms with van der Waals surface area (Å²) in [6.07, 6.45) is 1.37. The minimum Gasteiger partial charge on any atom is -0.494 e. The molecule has 0 saturated carbocycles. The quantitative estimate of drug-likeness (QED) is 0.779. The summed E-state index contributed by atoms with van der Waals surface area (Å²) in [5.74, 6) is 0.285. The van der Waals surface area contributed by atoms with Gasteiger partial charge in [-0.25, -0.2) is 0 Å². The van der Waals surface area contributed by atoms with Crippen molar-refractivity contribution in [2.45, 2.75) is 32.2 Å². The third-order valence-electron chi connectivity index (χ3n) is 2.76. The Kier molecular flexibility index (Phi) is 4.52. The van der Waals surface area contributed by atoms with Gasteiger partial charge >= 0.3 is 0 Å². The van der Waals surface area contributed by atoms with Crippen LogP contribution in [0, 0.1) is 0 Å². The van der Waals surface area contributed by atoms with Gasteiger partial charge in [0.1, 0.15) is 5.75 Å². The number of primary amides is 1. The highest BCUT2D eigenvalue weighted by atomic mass is 16.5. The van der Waals surface area contributed by atoms with Crippen molar-refractivity contribution in [1.82, 2.24) is 0 Å². The summed E-state index contributed by atoms with van der Waals surface area (Å²) in [5.41, 5.74) is 11.1. The van der Waals surface area contributed by atoms with Crippen molar-refractivity contribution in [2.75, 3.05) is 6.61 Å². The van der Waals surface area contributed by atoms with E-state index < -0.39 is 11.4 Å². The predicted octanol–water partition coefficient (Wildman–Crippen LogP) is 1.22. The molecule has 4 heteroatoms. The van der Waals surface area contributed by atoms with Crippen LogP contribution in [0.5, 0.6) is 5.75 Å². The first-order valence-corrected chi connectivity index (χ1v) is 5.76. The molecule has 0 aliphatic rings. The van der Waals surface area contributed by atoms with Crippen LogP contribution >= 0.6 is 0 Å². The molecule has 17 heavy (non-hydrogen) atoms. The van der Waals surface area contributed by atoms with E-state index in [1.165, 1.54) is 5.56 Å². The van der Waals surface area contributed by atoms with E-state index in [4.69, 9.17) is 16.2 Å². The monoisotopic (exact) mass is 236 g/mol. The average molecular weight is 236 g/mol. The lowest BCUT2D eigenvalue weighted by Gasteiger charge is -2.20. The lowest BCUT2D eigenvalue weighted by Crippen LogP contribution is -2.50. The fourth-order valence-electron chi connectivity index (χ4n) is 1.36. The second-order valence-corrected chi connectivity index (χ2v) is 4.38. The Hall–Kier alpha value is -1.55. The smallest absolute Gasteiger partial charge is 0.237 e. The summed E-state index contributed by atoms with van der Waals surface area (Å²) in [4.78, 5) is 11.0. The number of hydrogen-bond acceptors (Lipinski definition) is 3. The molecule has 1 atom stereocenters. The number of rotatable bonds is 6. The topological polar surface area (TPSA) is 78.3 Å². The molecule has 1 unspecified atom stereocenters. The van der Waals surface area contributed by atoms with Gasteiger partial charge in [-0.1, -0.05) is 19.1 Å². The van der Waals surface area contributed by atoms with E-state index in [-0.39, 0.29) is 0 Å². The average Bonchev–Trinajstić information content (AvgIpc) is 2.29. The first-order valence-electron chi connectivity index (χ1n) is 5.76. The zero-order chi connectivity index (χ0) is 12.9. The minimum absolute atomic E-state index is 0.378. The summed E-state index contributed by atoms with van der Waals surface area (Å²) in [7, 11) is 0. The maximum absolute atomic E-state index is 11.0. The lowest BCUT2D eigenvalue weighted by molar-refractivity contribution is -0.123. The number of carbonyl (C=O) groups is 1. The van der Waals surface area contributed by atoms with E-state index in [0.717, 1.165) is 12.2 Å². The number of nitrogens with two attached hydrogens (primary N) is 2. The van der Waals surface area contributed by atoms with Crippen molar-refractivity contribution < 1.29 is 9.53 Å². The number of aryl methyl sites for hydroxylation is 1. The van der Waals surface area contributed by atoms with Gasteiger partial charge in [0.05, 0.1) is 12.1 Å². The fourth-order valence-corrected chi connectivity index (χ4v) is 1.36. The van der Waals surface area contributed by atoms with Gasteiger partial charge in [-0.3, -0.25) is 4.79 Å². The van der Waals surface area contributed by atoms with Crippen LogP contribution in [-0.4, -0.2) is 18.1 Å². The summed E-state index contributed by atoms with van der Waals surface area (Å²) >= 11 is 0. The Morgan fingerprint density at radius 3 is 2.76 bits per heavy atom. The summed E-state index contributed by atoms with van der Waals surface area (Å²) in [5, 5.41) is 0. The molecule has 0 spiro atoms. The first-order chi connectivity index (χ1) is 7.95. The second-order valence-electron chi connectivity index (χ2n) is 4.38.